The summed E-state index contributed by atoms with van der Waals surface area (Å²) in [6, 6.07) is 3.97. The van der Waals surface area contributed by atoms with E-state index in [-0.39, 0.29) is 11.3 Å². The number of aryl methyl sites for hydroxylation is 1. The number of hydrogen-bond donors (Lipinski definition) is 2. The molecule has 0 unspecified atom stereocenters. The van der Waals surface area contributed by atoms with Gasteiger partial charge in [-0.05, 0) is 25.0 Å². The lowest BCUT2D eigenvalue weighted by Gasteiger charge is -2.12. The Hall–Kier alpha value is -1.29. The molecular formula is C11H17N3O. The monoisotopic (exact) mass is 207 g/mol. The van der Waals surface area contributed by atoms with E-state index in [4.69, 9.17) is 5.73 Å². The molecule has 3 N–H and O–H groups in total. The number of nitrogens with two attached hydrogens (primary N) is 1. The lowest BCUT2D eigenvalue weighted by molar-refractivity contribution is -0.126. The summed E-state index contributed by atoms with van der Waals surface area (Å²) in [7, 11) is 1.97. The highest BCUT2D eigenvalue weighted by Gasteiger charge is 2.48. The van der Waals surface area contributed by atoms with Gasteiger partial charge >= 0.3 is 0 Å². The molecule has 1 saturated carbocycles. The molecule has 4 heteroatoms. The third-order valence-corrected chi connectivity index (χ3v) is 3.21. The van der Waals surface area contributed by atoms with Gasteiger partial charge in [0.25, 0.3) is 0 Å². The maximum atomic E-state index is 11.8. The smallest absolute Gasteiger partial charge is 0.227 e. The van der Waals surface area contributed by atoms with Gasteiger partial charge in [-0.2, -0.15) is 0 Å². The minimum absolute atomic E-state index is 0.103. The molecule has 82 valence electrons. The first-order valence-corrected chi connectivity index (χ1v) is 5.26. The maximum Gasteiger partial charge on any atom is 0.227 e. The standard InChI is InChI=1S/C11H17N3O/c1-14-6-2-3-9(14)7-13-10(15)11(8-12)4-5-11/h2-3,6H,4-5,7-8,12H2,1H3,(H,13,15). The molecule has 0 atom stereocenters. The summed E-state index contributed by atoms with van der Waals surface area (Å²) in [5.74, 6) is 0.103. The summed E-state index contributed by atoms with van der Waals surface area (Å²) in [6.07, 6.45) is 3.84. The normalized spacial score (nSPS) is 17.5. The summed E-state index contributed by atoms with van der Waals surface area (Å²) >= 11 is 0. The van der Waals surface area contributed by atoms with Crippen LogP contribution in [0.15, 0.2) is 18.3 Å². The first kappa shape index (κ1) is 10.2. The molecule has 1 amide bonds. The van der Waals surface area contributed by atoms with Gasteiger partial charge in [0.2, 0.25) is 5.91 Å². The molecule has 1 aliphatic rings. The van der Waals surface area contributed by atoms with Crippen molar-refractivity contribution in [2.45, 2.75) is 19.4 Å². The second-order valence-electron chi connectivity index (χ2n) is 4.28. The average Bonchev–Trinajstić information content (AvgIpc) is 2.94. The third kappa shape index (κ3) is 1.90. The van der Waals surface area contributed by atoms with E-state index in [1.54, 1.807) is 0 Å². The molecule has 1 heterocycles. The SMILES string of the molecule is Cn1cccc1CNC(=O)C1(CN)CC1. The van der Waals surface area contributed by atoms with Crippen molar-refractivity contribution in [2.24, 2.45) is 18.2 Å². The Balaban J connectivity index is 1.89. The van der Waals surface area contributed by atoms with Gasteiger partial charge in [-0.25, -0.2) is 0 Å². The van der Waals surface area contributed by atoms with Gasteiger partial charge in [-0.3, -0.25) is 4.79 Å². The maximum absolute atomic E-state index is 11.8. The number of nitrogens with zero attached hydrogens (tertiary/aromatic N) is 1. The van der Waals surface area contributed by atoms with Crippen molar-refractivity contribution in [3.8, 4) is 0 Å². The molecule has 0 saturated heterocycles. The highest BCUT2D eigenvalue weighted by Crippen LogP contribution is 2.44. The van der Waals surface area contributed by atoms with E-state index in [1.807, 2.05) is 29.9 Å². The number of carbonyl (C=O) groups is 1. The molecule has 4 nitrogen and oxygen atoms in total. The van der Waals surface area contributed by atoms with Crippen molar-refractivity contribution in [1.82, 2.24) is 9.88 Å². The predicted octanol–water partition coefficient (Wildman–Crippen LogP) is 0.380. The zero-order valence-electron chi connectivity index (χ0n) is 8.99. The molecular weight excluding hydrogens is 190 g/mol. The first-order valence-electron chi connectivity index (χ1n) is 5.26. The van der Waals surface area contributed by atoms with E-state index in [0.29, 0.717) is 13.1 Å². The number of hydrogen-bond acceptors (Lipinski definition) is 2. The molecule has 0 bridgehead atoms. The number of aromatic nitrogens is 1. The molecule has 0 aliphatic heterocycles. The van der Waals surface area contributed by atoms with Crippen molar-refractivity contribution in [3.63, 3.8) is 0 Å². The van der Waals surface area contributed by atoms with Crippen LogP contribution in [0.3, 0.4) is 0 Å². The summed E-state index contributed by atoms with van der Waals surface area (Å²) < 4.78 is 2.00. The minimum Gasteiger partial charge on any atom is -0.353 e. The number of nitrogens with one attached hydrogen (secondary N) is 1. The van der Waals surface area contributed by atoms with Gasteiger partial charge < -0.3 is 15.6 Å². The quantitative estimate of drug-likeness (QED) is 0.750. The van der Waals surface area contributed by atoms with E-state index in [9.17, 15) is 4.79 Å². The van der Waals surface area contributed by atoms with Crippen molar-refractivity contribution in [2.75, 3.05) is 6.54 Å². The second-order valence-corrected chi connectivity index (χ2v) is 4.28. The summed E-state index contributed by atoms with van der Waals surface area (Å²) in [6.45, 7) is 1.05. The predicted molar refractivity (Wildman–Crippen MR) is 58.0 cm³/mol. The Morgan fingerprint density at radius 1 is 1.67 bits per heavy atom. The molecule has 1 fully saturated rings. The van der Waals surface area contributed by atoms with E-state index in [0.717, 1.165) is 18.5 Å². The fourth-order valence-corrected chi connectivity index (χ4v) is 1.71. The first-order chi connectivity index (χ1) is 7.18. The van der Waals surface area contributed by atoms with Crippen LogP contribution in [0.2, 0.25) is 0 Å². The molecule has 1 aliphatic carbocycles. The number of carbonyl (C=O) groups excluding carboxylic acids is 1. The van der Waals surface area contributed by atoms with Crippen LogP contribution in [0.5, 0.6) is 0 Å². The van der Waals surface area contributed by atoms with Gasteiger partial charge in [-0.1, -0.05) is 0 Å². The highest BCUT2D eigenvalue weighted by atomic mass is 16.2. The Morgan fingerprint density at radius 2 is 2.40 bits per heavy atom. The van der Waals surface area contributed by atoms with Crippen molar-refractivity contribution >= 4 is 5.91 Å². The Labute approximate surface area is 89.5 Å². The van der Waals surface area contributed by atoms with Crippen LogP contribution in [0.4, 0.5) is 0 Å². The van der Waals surface area contributed by atoms with Crippen LogP contribution >= 0.6 is 0 Å². The van der Waals surface area contributed by atoms with E-state index >= 15 is 0 Å². The van der Waals surface area contributed by atoms with Gasteiger partial charge in [0.15, 0.2) is 0 Å². The Kier molecular flexibility index (Phi) is 2.52. The molecule has 1 aromatic rings. The van der Waals surface area contributed by atoms with Crippen LogP contribution in [0, 0.1) is 5.41 Å². The summed E-state index contributed by atoms with van der Waals surface area (Å²) in [4.78, 5) is 11.8. The zero-order valence-corrected chi connectivity index (χ0v) is 8.99. The van der Waals surface area contributed by atoms with Crippen LogP contribution in [-0.4, -0.2) is 17.0 Å². The van der Waals surface area contributed by atoms with Gasteiger partial charge in [0.1, 0.15) is 0 Å². The number of amides is 1. The van der Waals surface area contributed by atoms with E-state index < -0.39 is 0 Å². The lowest BCUT2D eigenvalue weighted by atomic mass is 10.1. The van der Waals surface area contributed by atoms with Gasteiger partial charge in [-0.15, -0.1) is 0 Å². The molecule has 15 heavy (non-hydrogen) atoms. The van der Waals surface area contributed by atoms with Crippen molar-refractivity contribution in [1.29, 1.82) is 0 Å². The molecule has 0 radical (unpaired) electrons. The van der Waals surface area contributed by atoms with Crippen LogP contribution < -0.4 is 11.1 Å². The lowest BCUT2D eigenvalue weighted by Crippen LogP contribution is -2.36. The van der Waals surface area contributed by atoms with E-state index in [1.165, 1.54) is 0 Å². The van der Waals surface area contributed by atoms with Gasteiger partial charge in [0, 0.05) is 25.5 Å². The van der Waals surface area contributed by atoms with Crippen molar-refractivity contribution < 1.29 is 4.79 Å². The fourth-order valence-electron chi connectivity index (χ4n) is 1.71. The van der Waals surface area contributed by atoms with Crippen LogP contribution in [0.1, 0.15) is 18.5 Å². The Morgan fingerprint density at radius 3 is 2.87 bits per heavy atom. The highest BCUT2D eigenvalue weighted by molar-refractivity contribution is 5.85. The number of rotatable bonds is 4. The summed E-state index contributed by atoms with van der Waals surface area (Å²) in [5, 5.41) is 2.94. The fraction of sp³-hybridized carbons (Fsp3) is 0.545. The zero-order chi connectivity index (χ0) is 10.9. The van der Waals surface area contributed by atoms with Crippen LogP contribution in [-0.2, 0) is 18.4 Å². The average molecular weight is 207 g/mol. The summed E-state index contributed by atoms with van der Waals surface area (Å²) in [5.41, 5.74) is 6.45. The molecule has 0 aromatic carbocycles. The largest absolute Gasteiger partial charge is 0.353 e. The minimum atomic E-state index is -0.245. The molecule has 2 rings (SSSR count). The topological polar surface area (TPSA) is 60.0 Å². The molecule has 0 spiro atoms. The Bertz CT molecular complexity index is 366. The second kappa shape index (κ2) is 3.70. The van der Waals surface area contributed by atoms with Crippen LogP contribution in [0.25, 0.3) is 0 Å². The van der Waals surface area contributed by atoms with Gasteiger partial charge in [0.05, 0.1) is 12.0 Å². The molecule has 1 aromatic heterocycles. The van der Waals surface area contributed by atoms with E-state index in [2.05, 4.69) is 5.32 Å². The van der Waals surface area contributed by atoms with Crippen molar-refractivity contribution in [3.05, 3.63) is 24.0 Å². The third-order valence-electron chi connectivity index (χ3n) is 3.21.